The zero-order chi connectivity index (χ0) is 39.2. The van der Waals surface area contributed by atoms with Crippen LogP contribution in [0.4, 0.5) is 0 Å². The number of rotatable bonds is 26. The van der Waals surface area contributed by atoms with Crippen LogP contribution in [0.1, 0.15) is 112 Å². The highest BCUT2D eigenvalue weighted by molar-refractivity contribution is 5.92. The maximum absolute atomic E-state index is 13.6. The van der Waals surface area contributed by atoms with E-state index >= 15 is 0 Å². The van der Waals surface area contributed by atoms with E-state index in [0.717, 1.165) is 12.8 Å². The Hall–Kier alpha value is -4.00. The summed E-state index contributed by atoms with van der Waals surface area (Å²) in [5.74, 6) is -2.94. The molecule has 0 aliphatic heterocycles. The maximum Gasteiger partial charge on any atom is 0.303 e. The molecule has 0 unspecified atom stereocenters. The molecule has 13 heteroatoms. The third kappa shape index (κ3) is 18.5. The standard InChI is InChI=1S/C39H66N6O7/c1-9-16-31(43-39(52)35(27(7)10-2)44-32(46)20-14-21-33(47)48)37(50)42-30(23-25(3)4)24-41-28(8)36(49)45-34(26(5)6)38(51)40-22-15-19-29-17-12-11-13-18-29/h11-13,17-18,25-28,30-31,34-35,41H,9-10,14-16,19-24H2,1-8H3,(H,40,51)(H,42,50)(H,43,52)(H,44,46)(H,45,49)(H,47,48)/t27-,28-,30-,31-,34-,35-/m0/s1. The Morgan fingerprint density at radius 1 is 0.731 bits per heavy atom. The molecule has 0 radical (unpaired) electrons. The summed E-state index contributed by atoms with van der Waals surface area (Å²) in [7, 11) is 0. The number of hydrogen-bond donors (Lipinski definition) is 7. The number of carbonyl (C=O) groups is 6. The molecule has 0 bridgehead atoms. The average molecular weight is 731 g/mol. The number of amides is 5. The van der Waals surface area contributed by atoms with Gasteiger partial charge in [0, 0.05) is 32.0 Å². The van der Waals surface area contributed by atoms with Gasteiger partial charge in [0.25, 0.3) is 0 Å². The van der Waals surface area contributed by atoms with Crippen molar-refractivity contribution in [3.8, 4) is 0 Å². The molecule has 0 saturated heterocycles. The van der Waals surface area contributed by atoms with Crippen molar-refractivity contribution in [1.82, 2.24) is 31.9 Å². The molecular formula is C39H66N6O7. The van der Waals surface area contributed by atoms with Crippen molar-refractivity contribution in [3.05, 3.63) is 35.9 Å². The first-order valence-electron chi connectivity index (χ1n) is 19.1. The predicted molar refractivity (Wildman–Crippen MR) is 203 cm³/mol. The maximum atomic E-state index is 13.6. The van der Waals surface area contributed by atoms with Crippen LogP contribution in [0.3, 0.4) is 0 Å². The van der Waals surface area contributed by atoms with E-state index in [-0.39, 0.29) is 67.3 Å². The van der Waals surface area contributed by atoms with Gasteiger partial charge in [-0.05, 0) is 62.3 Å². The number of aliphatic carboxylic acids is 1. The van der Waals surface area contributed by atoms with E-state index in [1.54, 1.807) is 6.92 Å². The molecule has 0 saturated carbocycles. The minimum atomic E-state index is -0.994. The van der Waals surface area contributed by atoms with Crippen LogP contribution in [0, 0.1) is 17.8 Å². The third-order valence-corrected chi connectivity index (χ3v) is 9.01. The fraction of sp³-hybridized carbons (Fsp3) is 0.692. The topological polar surface area (TPSA) is 195 Å². The molecule has 7 N–H and O–H groups in total. The molecular weight excluding hydrogens is 664 g/mol. The van der Waals surface area contributed by atoms with E-state index in [2.05, 4.69) is 44.0 Å². The highest BCUT2D eigenvalue weighted by Gasteiger charge is 2.31. The van der Waals surface area contributed by atoms with Gasteiger partial charge >= 0.3 is 5.97 Å². The largest absolute Gasteiger partial charge is 0.481 e. The van der Waals surface area contributed by atoms with E-state index in [1.165, 1.54) is 5.56 Å². The summed E-state index contributed by atoms with van der Waals surface area (Å²) in [5.41, 5.74) is 1.20. The molecule has 5 amide bonds. The Morgan fingerprint density at radius 2 is 1.40 bits per heavy atom. The number of aryl methyl sites for hydroxylation is 1. The minimum Gasteiger partial charge on any atom is -0.481 e. The van der Waals surface area contributed by atoms with Crippen LogP contribution in [0.5, 0.6) is 0 Å². The zero-order valence-electron chi connectivity index (χ0n) is 32.7. The van der Waals surface area contributed by atoms with E-state index in [9.17, 15) is 28.8 Å². The van der Waals surface area contributed by atoms with Gasteiger partial charge in [0.05, 0.1) is 6.04 Å². The first kappa shape index (κ1) is 46.0. The van der Waals surface area contributed by atoms with E-state index in [0.29, 0.717) is 32.2 Å². The predicted octanol–water partition coefficient (Wildman–Crippen LogP) is 3.46. The summed E-state index contributed by atoms with van der Waals surface area (Å²) < 4.78 is 0. The summed E-state index contributed by atoms with van der Waals surface area (Å²) in [6, 6.07) is 6.61. The molecule has 0 aliphatic rings. The van der Waals surface area contributed by atoms with Crippen LogP contribution in [0.15, 0.2) is 30.3 Å². The number of nitrogens with one attached hydrogen (secondary N) is 6. The average Bonchev–Trinajstić information content (AvgIpc) is 3.09. The Labute approximate surface area is 311 Å². The van der Waals surface area contributed by atoms with Gasteiger partial charge in [0.1, 0.15) is 18.1 Å². The molecule has 52 heavy (non-hydrogen) atoms. The smallest absolute Gasteiger partial charge is 0.303 e. The van der Waals surface area contributed by atoms with Crippen molar-refractivity contribution in [2.24, 2.45) is 17.8 Å². The molecule has 0 aliphatic carbocycles. The van der Waals surface area contributed by atoms with Gasteiger partial charge in [-0.25, -0.2) is 0 Å². The highest BCUT2D eigenvalue weighted by atomic mass is 16.4. The van der Waals surface area contributed by atoms with Crippen LogP contribution in [-0.4, -0.2) is 83.9 Å². The van der Waals surface area contributed by atoms with Crippen molar-refractivity contribution >= 4 is 35.5 Å². The second kappa shape index (κ2) is 25.1. The van der Waals surface area contributed by atoms with Gasteiger partial charge in [-0.15, -0.1) is 0 Å². The van der Waals surface area contributed by atoms with Gasteiger partial charge in [0.15, 0.2) is 0 Å². The lowest BCUT2D eigenvalue weighted by Gasteiger charge is -2.29. The van der Waals surface area contributed by atoms with Gasteiger partial charge in [-0.1, -0.05) is 91.6 Å². The molecule has 0 heterocycles. The molecule has 294 valence electrons. The summed E-state index contributed by atoms with van der Waals surface area (Å²) in [6.45, 7) is 16.0. The fourth-order valence-electron chi connectivity index (χ4n) is 5.71. The number of carboxylic acids is 1. The van der Waals surface area contributed by atoms with Crippen LogP contribution >= 0.6 is 0 Å². The summed E-state index contributed by atoms with van der Waals surface area (Å²) in [6.07, 6.45) is 3.83. The second-order valence-corrected chi connectivity index (χ2v) is 14.6. The molecule has 1 aromatic carbocycles. The quantitative estimate of drug-likeness (QED) is 0.0705. The summed E-state index contributed by atoms with van der Waals surface area (Å²) in [4.78, 5) is 76.6. The Balaban J connectivity index is 2.83. The monoisotopic (exact) mass is 730 g/mol. The molecule has 0 fully saturated rings. The van der Waals surface area contributed by atoms with Crippen LogP contribution < -0.4 is 31.9 Å². The van der Waals surface area contributed by atoms with Crippen LogP contribution in [-0.2, 0) is 35.2 Å². The van der Waals surface area contributed by atoms with Gasteiger partial charge in [-0.3, -0.25) is 28.8 Å². The fourth-order valence-corrected chi connectivity index (χ4v) is 5.71. The third-order valence-electron chi connectivity index (χ3n) is 9.01. The molecule has 1 rings (SSSR count). The Kier molecular flexibility index (Phi) is 22.2. The van der Waals surface area contributed by atoms with Crippen molar-refractivity contribution in [2.75, 3.05) is 13.1 Å². The van der Waals surface area contributed by atoms with Crippen LogP contribution in [0.2, 0.25) is 0 Å². The first-order chi connectivity index (χ1) is 24.6. The second-order valence-electron chi connectivity index (χ2n) is 14.6. The van der Waals surface area contributed by atoms with E-state index in [4.69, 9.17) is 5.11 Å². The lowest BCUT2D eigenvalue weighted by atomic mass is 9.97. The van der Waals surface area contributed by atoms with Crippen molar-refractivity contribution in [3.63, 3.8) is 0 Å². The summed E-state index contributed by atoms with van der Waals surface area (Å²) in [5, 5.41) is 26.6. The van der Waals surface area contributed by atoms with Gasteiger partial charge in [-0.2, -0.15) is 0 Å². The SMILES string of the molecule is CCC[C@H](NC(=O)[C@@H](NC(=O)CCCC(=O)O)[C@@H](C)CC)C(=O)N[C@H](CN[C@@H](C)C(=O)N[C@H](C(=O)NCCCc1ccccc1)C(C)C)CC(C)C. The van der Waals surface area contributed by atoms with Gasteiger partial charge < -0.3 is 37.0 Å². The number of carbonyl (C=O) groups excluding carboxylic acids is 5. The van der Waals surface area contributed by atoms with Crippen LogP contribution in [0.25, 0.3) is 0 Å². The molecule has 0 aromatic heterocycles. The molecule has 13 nitrogen and oxygen atoms in total. The Morgan fingerprint density at radius 3 is 1.98 bits per heavy atom. The normalized spacial score (nSPS) is 14.7. The van der Waals surface area contributed by atoms with Crippen molar-refractivity contribution < 1.29 is 33.9 Å². The Bertz CT molecular complexity index is 1260. The van der Waals surface area contributed by atoms with Crippen molar-refractivity contribution in [2.45, 2.75) is 143 Å². The number of benzene rings is 1. The lowest BCUT2D eigenvalue weighted by Crippen LogP contribution is -2.58. The van der Waals surface area contributed by atoms with Crippen molar-refractivity contribution in [1.29, 1.82) is 0 Å². The number of hydrogen-bond acceptors (Lipinski definition) is 7. The van der Waals surface area contributed by atoms with E-state index in [1.807, 2.05) is 66.7 Å². The minimum absolute atomic E-state index is 0.0216. The molecule has 6 atom stereocenters. The molecule has 1 aromatic rings. The lowest BCUT2D eigenvalue weighted by molar-refractivity contribution is -0.137. The molecule has 0 spiro atoms. The summed E-state index contributed by atoms with van der Waals surface area (Å²) >= 11 is 0. The first-order valence-corrected chi connectivity index (χ1v) is 19.1. The zero-order valence-corrected chi connectivity index (χ0v) is 32.7. The van der Waals surface area contributed by atoms with Gasteiger partial charge in [0.2, 0.25) is 29.5 Å². The van der Waals surface area contributed by atoms with E-state index < -0.39 is 42.0 Å². The highest BCUT2D eigenvalue weighted by Crippen LogP contribution is 2.12. The number of carboxylic acid groups (broad SMARTS) is 1.